The highest BCUT2D eigenvalue weighted by Crippen LogP contribution is 2.33. The molecule has 0 unspecified atom stereocenters. The first-order valence-corrected chi connectivity index (χ1v) is 13.6. The summed E-state index contributed by atoms with van der Waals surface area (Å²) in [5.41, 5.74) is 1.92. The minimum absolute atomic E-state index is 0. The van der Waals surface area contributed by atoms with Crippen molar-refractivity contribution in [3.8, 4) is 11.4 Å². The van der Waals surface area contributed by atoms with Gasteiger partial charge in [-0.15, -0.1) is 17.5 Å². The maximum Gasteiger partial charge on any atom is 0.453 e. The Labute approximate surface area is 247 Å². The lowest BCUT2D eigenvalue weighted by atomic mass is 9.85. The summed E-state index contributed by atoms with van der Waals surface area (Å²) < 4.78 is 47.2. The molecule has 42 heavy (non-hydrogen) atoms. The van der Waals surface area contributed by atoms with Crippen LogP contribution in [0.1, 0.15) is 49.1 Å². The fourth-order valence-corrected chi connectivity index (χ4v) is 5.02. The number of halogens is 4. The van der Waals surface area contributed by atoms with Crippen LogP contribution < -0.4 is 15.4 Å². The number of nitrogens with one attached hydrogen (secondary N) is 2. The Hall–Kier alpha value is -3.71. The SMILES string of the molecule is CC(=O)NCC(=O)N1CC[C@H](NCc2cc(-n3nnnc3C(F)(F)F)ccc2OCC2CC2)[C@H](c2ccccc2)C1.Cl. The summed E-state index contributed by atoms with van der Waals surface area (Å²) in [6, 6.07) is 14.6. The number of carbonyl (C=O) groups is 2. The molecule has 1 aliphatic heterocycles. The zero-order chi connectivity index (χ0) is 29.0. The summed E-state index contributed by atoms with van der Waals surface area (Å²) in [5.74, 6) is -0.571. The van der Waals surface area contributed by atoms with Gasteiger partial charge in [0.25, 0.3) is 5.82 Å². The number of benzene rings is 2. The van der Waals surface area contributed by atoms with Gasteiger partial charge in [0.1, 0.15) is 5.75 Å². The number of aromatic nitrogens is 4. The van der Waals surface area contributed by atoms with Crippen LogP contribution in [0, 0.1) is 5.92 Å². The van der Waals surface area contributed by atoms with E-state index >= 15 is 0 Å². The molecule has 1 saturated carbocycles. The highest BCUT2D eigenvalue weighted by Gasteiger charge is 2.38. The summed E-state index contributed by atoms with van der Waals surface area (Å²) >= 11 is 0. The molecular weight excluding hydrogens is 575 g/mol. The molecule has 226 valence electrons. The Bertz CT molecular complexity index is 1370. The van der Waals surface area contributed by atoms with E-state index in [1.54, 1.807) is 17.0 Å². The van der Waals surface area contributed by atoms with Crippen LogP contribution in [0.2, 0.25) is 0 Å². The van der Waals surface area contributed by atoms with E-state index in [-0.39, 0.29) is 48.4 Å². The molecule has 0 spiro atoms. The van der Waals surface area contributed by atoms with Gasteiger partial charge in [-0.05, 0) is 59.4 Å². The highest BCUT2D eigenvalue weighted by atomic mass is 35.5. The highest BCUT2D eigenvalue weighted by molar-refractivity contribution is 5.85. The second kappa shape index (κ2) is 13.5. The lowest BCUT2D eigenvalue weighted by Crippen LogP contribution is -2.51. The van der Waals surface area contributed by atoms with Crippen molar-refractivity contribution in [2.45, 2.75) is 50.9 Å². The number of piperidine rings is 1. The first kappa shape index (κ1) is 31.2. The Morgan fingerprint density at radius 3 is 2.55 bits per heavy atom. The number of amides is 2. The lowest BCUT2D eigenvalue weighted by Gasteiger charge is -2.39. The van der Waals surface area contributed by atoms with E-state index in [9.17, 15) is 22.8 Å². The monoisotopic (exact) mass is 607 g/mol. The predicted octanol–water partition coefficient (Wildman–Crippen LogP) is 3.50. The van der Waals surface area contributed by atoms with Crippen molar-refractivity contribution in [1.29, 1.82) is 0 Å². The zero-order valence-electron chi connectivity index (χ0n) is 23.0. The Kier molecular flexibility index (Phi) is 10.0. The molecule has 0 bridgehead atoms. The number of nitrogens with zero attached hydrogens (tertiary/aromatic N) is 5. The third-order valence-electron chi connectivity index (χ3n) is 7.42. The van der Waals surface area contributed by atoms with Crippen LogP contribution in [0.15, 0.2) is 48.5 Å². The van der Waals surface area contributed by atoms with Crippen LogP contribution in [0.4, 0.5) is 13.2 Å². The van der Waals surface area contributed by atoms with Gasteiger partial charge >= 0.3 is 6.18 Å². The molecule has 2 N–H and O–H groups in total. The molecule has 1 aromatic heterocycles. The maximum absolute atomic E-state index is 13.5. The third-order valence-corrected chi connectivity index (χ3v) is 7.42. The lowest BCUT2D eigenvalue weighted by molar-refractivity contribution is -0.146. The van der Waals surface area contributed by atoms with E-state index in [1.165, 1.54) is 13.0 Å². The second-order valence-corrected chi connectivity index (χ2v) is 10.5. The molecule has 14 heteroatoms. The Balaban J connectivity index is 0.00000405. The van der Waals surface area contributed by atoms with Crippen LogP contribution in [0.25, 0.3) is 5.69 Å². The van der Waals surface area contributed by atoms with E-state index in [2.05, 4.69) is 26.2 Å². The number of carbonyl (C=O) groups excluding carboxylic acids is 2. The smallest absolute Gasteiger partial charge is 0.453 e. The number of tetrazole rings is 1. The van der Waals surface area contributed by atoms with Crippen molar-refractivity contribution in [1.82, 2.24) is 35.7 Å². The fraction of sp³-hybridized carbons (Fsp3) is 0.464. The molecule has 2 aromatic carbocycles. The van der Waals surface area contributed by atoms with Gasteiger partial charge in [0.2, 0.25) is 11.8 Å². The Morgan fingerprint density at radius 2 is 1.86 bits per heavy atom. The molecule has 3 aromatic rings. The molecule has 2 amide bonds. The average Bonchev–Trinajstić information content (AvgIpc) is 3.65. The number of likely N-dealkylation sites (tertiary alicyclic amines) is 1. The molecule has 0 radical (unpaired) electrons. The minimum Gasteiger partial charge on any atom is -0.493 e. The van der Waals surface area contributed by atoms with Crippen LogP contribution in [0.3, 0.4) is 0 Å². The van der Waals surface area contributed by atoms with Crippen LogP contribution >= 0.6 is 12.4 Å². The number of hydrogen-bond acceptors (Lipinski definition) is 7. The predicted molar refractivity (Wildman–Crippen MR) is 149 cm³/mol. The number of hydrogen-bond donors (Lipinski definition) is 2. The van der Waals surface area contributed by atoms with Crippen LogP contribution in [-0.4, -0.2) is 69.2 Å². The van der Waals surface area contributed by atoms with E-state index in [1.807, 2.05) is 30.3 Å². The van der Waals surface area contributed by atoms with Crippen LogP contribution in [-0.2, 0) is 22.3 Å². The van der Waals surface area contributed by atoms with Gasteiger partial charge in [0, 0.05) is 44.1 Å². The van der Waals surface area contributed by atoms with Crippen molar-refractivity contribution >= 4 is 24.2 Å². The summed E-state index contributed by atoms with van der Waals surface area (Å²) in [5, 5.41) is 16.1. The Morgan fingerprint density at radius 1 is 1.10 bits per heavy atom. The van der Waals surface area contributed by atoms with E-state index in [0.717, 1.165) is 18.4 Å². The number of ether oxygens (including phenoxy) is 1. The molecule has 10 nitrogen and oxygen atoms in total. The largest absolute Gasteiger partial charge is 0.493 e. The standard InChI is InChI=1S/C28H32F3N7O3.ClH/c1-18(39)32-15-26(40)37-12-11-24(23(16-37)20-5-3-2-4-6-20)33-14-21-13-22(9-10-25(21)41-17-19-7-8-19)38-27(28(29,30)31)34-35-36-38;/h2-6,9-10,13,19,23-24,33H,7-8,11-12,14-17H2,1H3,(H,32,39);1H/t23-,24-;/m0./s1. The van der Waals surface area contributed by atoms with E-state index in [0.29, 0.717) is 54.6 Å². The van der Waals surface area contributed by atoms with E-state index < -0.39 is 12.0 Å². The van der Waals surface area contributed by atoms with Gasteiger partial charge in [0.05, 0.1) is 18.8 Å². The minimum atomic E-state index is -4.71. The van der Waals surface area contributed by atoms with Gasteiger partial charge in [-0.1, -0.05) is 30.3 Å². The molecular formula is C28H33ClF3N7O3. The van der Waals surface area contributed by atoms with E-state index in [4.69, 9.17) is 4.74 Å². The zero-order valence-corrected chi connectivity index (χ0v) is 23.8. The van der Waals surface area contributed by atoms with Gasteiger partial charge in [-0.25, -0.2) is 0 Å². The summed E-state index contributed by atoms with van der Waals surface area (Å²) in [6.45, 7) is 3.16. The fourth-order valence-electron chi connectivity index (χ4n) is 5.02. The summed E-state index contributed by atoms with van der Waals surface area (Å²) in [4.78, 5) is 25.8. The average molecular weight is 608 g/mol. The van der Waals surface area contributed by atoms with Crippen molar-refractivity contribution in [2.24, 2.45) is 5.92 Å². The first-order valence-electron chi connectivity index (χ1n) is 13.6. The van der Waals surface area contributed by atoms with Gasteiger partial charge in [0.15, 0.2) is 0 Å². The molecule has 2 heterocycles. The van der Waals surface area contributed by atoms with Crippen molar-refractivity contribution in [2.75, 3.05) is 26.2 Å². The van der Waals surface area contributed by atoms with Crippen molar-refractivity contribution < 1.29 is 27.5 Å². The molecule has 2 fully saturated rings. The van der Waals surface area contributed by atoms with Crippen molar-refractivity contribution in [3.63, 3.8) is 0 Å². The topological polar surface area (TPSA) is 114 Å². The number of alkyl halides is 3. The first-order chi connectivity index (χ1) is 19.7. The second-order valence-electron chi connectivity index (χ2n) is 10.5. The quantitative estimate of drug-likeness (QED) is 0.363. The summed E-state index contributed by atoms with van der Waals surface area (Å²) in [6.07, 6.45) is -1.86. The summed E-state index contributed by atoms with van der Waals surface area (Å²) in [7, 11) is 0. The third kappa shape index (κ3) is 7.77. The normalized spacial score (nSPS) is 18.7. The van der Waals surface area contributed by atoms with Gasteiger partial charge in [-0.3, -0.25) is 9.59 Å². The molecule has 2 aliphatic rings. The maximum atomic E-state index is 13.5. The van der Waals surface area contributed by atoms with Gasteiger partial charge < -0.3 is 20.3 Å². The van der Waals surface area contributed by atoms with Crippen LogP contribution in [0.5, 0.6) is 5.75 Å². The number of rotatable bonds is 10. The molecule has 1 saturated heterocycles. The molecule has 1 aliphatic carbocycles. The molecule has 2 atom stereocenters. The van der Waals surface area contributed by atoms with Crippen molar-refractivity contribution in [3.05, 3.63) is 65.5 Å². The van der Waals surface area contributed by atoms with Gasteiger partial charge in [-0.2, -0.15) is 17.9 Å². The molecule has 5 rings (SSSR count).